The maximum absolute atomic E-state index is 12.5. The number of hydrogen-bond acceptors (Lipinski definition) is 7. The quantitative estimate of drug-likeness (QED) is 0.610. The third-order valence-corrected chi connectivity index (χ3v) is 6.88. The average Bonchev–Trinajstić information content (AvgIpc) is 3.37. The molecule has 0 atom stereocenters. The van der Waals surface area contributed by atoms with Crippen molar-refractivity contribution < 1.29 is 9.32 Å². The number of nitrogens with two attached hydrogens (primary N) is 1. The first kappa shape index (κ1) is 21.1. The average molecular weight is 436 g/mol. The summed E-state index contributed by atoms with van der Waals surface area (Å²) >= 11 is 1.18. The van der Waals surface area contributed by atoms with Gasteiger partial charge in [0.25, 0.3) is 5.91 Å². The number of amides is 1. The molecule has 3 aromatic rings. The number of piperidine rings is 1. The van der Waals surface area contributed by atoms with E-state index in [4.69, 9.17) is 15.5 Å². The molecule has 1 aliphatic heterocycles. The number of likely N-dealkylation sites (tertiary alicyclic amines) is 1. The summed E-state index contributed by atoms with van der Waals surface area (Å²) in [4.78, 5) is 15.4. The van der Waals surface area contributed by atoms with Crippen LogP contribution in [-0.4, -0.2) is 35.6 Å². The van der Waals surface area contributed by atoms with Gasteiger partial charge in [-0.15, -0.1) is 11.3 Å². The first-order chi connectivity index (χ1) is 15.0. The molecule has 1 aromatic carbocycles. The molecule has 0 radical (unpaired) electrons. The Balaban J connectivity index is 1.25. The van der Waals surface area contributed by atoms with Crippen LogP contribution >= 0.6 is 11.3 Å². The Labute approximate surface area is 185 Å². The molecule has 0 saturated carbocycles. The number of nitrogens with zero attached hydrogens (tertiary/aromatic N) is 3. The Kier molecular flexibility index (Phi) is 6.35. The molecule has 4 rings (SSSR count). The lowest BCUT2D eigenvalue weighted by atomic mass is 9.96. The van der Waals surface area contributed by atoms with Gasteiger partial charge in [0.2, 0.25) is 0 Å². The summed E-state index contributed by atoms with van der Waals surface area (Å²) in [5.74, 6) is 1.15. The van der Waals surface area contributed by atoms with E-state index in [-0.39, 0.29) is 5.91 Å². The van der Waals surface area contributed by atoms with Crippen LogP contribution in [-0.2, 0) is 6.54 Å². The van der Waals surface area contributed by atoms with Crippen molar-refractivity contribution in [2.75, 3.05) is 25.4 Å². The SMILES string of the molecule is Cc1c(C(=O)NCC2CCN(Cc3cc(-c4ccccc4)no3)CC2)sc(N)c1C#N. The van der Waals surface area contributed by atoms with Gasteiger partial charge in [-0.25, -0.2) is 0 Å². The smallest absolute Gasteiger partial charge is 0.261 e. The van der Waals surface area contributed by atoms with Crippen molar-refractivity contribution in [2.24, 2.45) is 5.92 Å². The highest BCUT2D eigenvalue weighted by molar-refractivity contribution is 7.18. The summed E-state index contributed by atoms with van der Waals surface area (Å²) in [6.07, 6.45) is 2.02. The predicted octanol–water partition coefficient (Wildman–Crippen LogP) is 3.81. The van der Waals surface area contributed by atoms with Crippen molar-refractivity contribution in [1.29, 1.82) is 5.26 Å². The Morgan fingerprint density at radius 1 is 1.35 bits per heavy atom. The molecule has 1 amide bonds. The summed E-state index contributed by atoms with van der Waals surface area (Å²) in [5.41, 5.74) is 8.83. The molecule has 2 aromatic heterocycles. The molecular weight excluding hydrogens is 410 g/mol. The second-order valence-corrected chi connectivity index (χ2v) is 8.93. The van der Waals surface area contributed by atoms with Crippen molar-refractivity contribution in [2.45, 2.75) is 26.3 Å². The van der Waals surface area contributed by atoms with Crippen LogP contribution in [0.5, 0.6) is 0 Å². The largest absolute Gasteiger partial charge is 0.389 e. The minimum absolute atomic E-state index is 0.145. The highest BCUT2D eigenvalue weighted by Crippen LogP contribution is 2.30. The number of carbonyl (C=O) groups excluding carboxylic acids is 1. The van der Waals surface area contributed by atoms with Crippen LogP contribution in [0.1, 0.15) is 39.4 Å². The van der Waals surface area contributed by atoms with Crippen LogP contribution in [0.25, 0.3) is 11.3 Å². The van der Waals surface area contributed by atoms with E-state index in [1.165, 1.54) is 11.3 Å². The van der Waals surface area contributed by atoms with Gasteiger partial charge in [0, 0.05) is 18.2 Å². The van der Waals surface area contributed by atoms with E-state index >= 15 is 0 Å². The monoisotopic (exact) mass is 435 g/mol. The standard InChI is InChI=1S/C23H25N5O2S/c1-15-19(12-24)22(25)31-21(15)23(29)26-13-16-7-9-28(10-8-16)14-18-11-20(27-30-18)17-5-3-2-4-6-17/h2-6,11,16H,7-10,13-14,25H2,1H3,(H,26,29). The molecule has 1 aliphatic rings. The molecule has 8 heteroatoms. The summed E-state index contributed by atoms with van der Waals surface area (Å²) in [5, 5.41) is 16.8. The molecule has 31 heavy (non-hydrogen) atoms. The lowest BCUT2D eigenvalue weighted by Gasteiger charge is -2.31. The van der Waals surface area contributed by atoms with Gasteiger partial charge in [-0.1, -0.05) is 35.5 Å². The predicted molar refractivity (Wildman–Crippen MR) is 120 cm³/mol. The molecule has 7 nitrogen and oxygen atoms in total. The van der Waals surface area contributed by atoms with Crippen molar-refractivity contribution >= 4 is 22.2 Å². The van der Waals surface area contributed by atoms with E-state index < -0.39 is 0 Å². The number of nitrogens with one attached hydrogen (secondary N) is 1. The van der Waals surface area contributed by atoms with Crippen LogP contribution in [0, 0.1) is 24.2 Å². The van der Waals surface area contributed by atoms with E-state index in [0.29, 0.717) is 33.5 Å². The minimum Gasteiger partial charge on any atom is -0.389 e. The maximum atomic E-state index is 12.5. The number of carbonyl (C=O) groups is 1. The number of benzene rings is 1. The van der Waals surface area contributed by atoms with Gasteiger partial charge in [-0.2, -0.15) is 5.26 Å². The summed E-state index contributed by atoms with van der Waals surface area (Å²) in [6.45, 7) is 5.04. The number of rotatable bonds is 6. The normalized spacial score (nSPS) is 15.0. The van der Waals surface area contributed by atoms with Gasteiger partial charge in [0.15, 0.2) is 5.76 Å². The molecule has 0 spiro atoms. The fourth-order valence-electron chi connectivity index (χ4n) is 3.91. The summed E-state index contributed by atoms with van der Waals surface area (Å²) in [6, 6.07) is 14.1. The molecule has 3 heterocycles. The minimum atomic E-state index is -0.145. The van der Waals surface area contributed by atoms with Gasteiger partial charge < -0.3 is 15.6 Å². The van der Waals surface area contributed by atoms with E-state index in [2.05, 4.69) is 21.4 Å². The van der Waals surface area contributed by atoms with Crippen LogP contribution < -0.4 is 11.1 Å². The molecule has 1 saturated heterocycles. The number of thiophene rings is 1. The van der Waals surface area contributed by atoms with Crippen LogP contribution in [0.15, 0.2) is 40.9 Å². The van der Waals surface area contributed by atoms with Gasteiger partial charge in [0.05, 0.1) is 17.0 Å². The zero-order chi connectivity index (χ0) is 21.8. The zero-order valence-corrected chi connectivity index (χ0v) is 18.2. The second-order valence-electron chi connectivity index (χ2n) is 7.88. The van der Waals surface area contributed by atoms with Crippen LogP contribution in [0.2, 0.25) is 0 Å². The Morgan fingerprint density at radius 2 is 2.10 bits per heavy atom. The molecule has 0 unspecified atom stereocenters. The zero-order valence-electron chi connectivity index (χ0n) is 17.4. The van der Waals surface area contributed by atoms with Gasteiger partial charge >= 0.3 is 0 Å². The molecule has 0 aliphatic carbocycles. The second kappa shape index (κ2) is 9.33. The highest BCUT2D eigenvalue weighted by atomic mass is 32.1. The van der Waals surface area contributed by atoms with Crippen LogP contribution in [0.4, 0.5) is 5.00 Å². The van der Waals surface area contributed by atoms with Gasteiger partial charge in [0.1, 0.15) is 16.8 Å². The van der Waals surface area contributed by atoms with Crippen LogP contribution in [0.3, 0.4) is 0 Å². The molecule has 1 fully saturated rings. The van der Waals surface area contributed by atoms with Crippen molar-refractivity contribution in [3.8, 4) is 17.3 Å². The van der Waals surface area contributed by atoms with Crippen molar-refractivity contribution in [1.82, 2.24) is 15.4 Å². The van der Waals surface area contributed by atoms with E-state index in [1.807, 2.05) is 36.4 Å². The third-order valence-electron chi connectivity index (χ3n) is 5.76. The lowest BCUT2D eigenvalue weighted by molar-refractivity contribution is 0.0937. The Morgan fingerprint density at radius 3 is 2.77 bits per heavy atom. The number of anilines is 1. The Hall–Kier alpha value is -3.15. The maximum Gasteiger partial charge on any atom is 0.261 e. The lowest BCUT2D eigenvalue weighted by Crippen LogP contribution is -2.38. The third kappa shape index (κ3) is 4.79. The molecule has 0 bridgehead atoms. The van der Waals surface area contributed by atoms with Gasteiger partial charge in [-0.3, -0.25) is 9.69 Å². The first-order valence-electron chi connectivity index (χ1n) is 10.4. The topological polar surface area (TPSA) is 108 Å². The number of nitrogen functional groups attached to an aromatic ring is 1. The van der Waals surface area contributed by atoms with Crippen molar-refractivity contribution in [3.05, 3.63) is 58.2 Å². The molecular formula is C23H25N5O2S. The molecule has 3 N–H and O–H groups in total. The van der Waals surface area contributed by atoms with E-state index in [0.717, 1.165) is 49.5 Å². The van der Waals surface area contributed by atoms with Crippen molar-refractivity contribution in [3.63, 3.8) is 0 Å². The summed E-state index contributed by atoms with van der Waals surface area (Å²) in [7, 11) is 0. The summed E-state index contributed by atoms with van der Waals surface area (Å²) < 4.78 is 5.53. The fraction of sp³-hybridized carbons (Fsp3) is 0.348. The number of nitriles is 1. The van der Waals surface area contributed by atoms with E-state index in [1.54, 1.807) is 6.92 Å². The molecule has 160 valence electrons. The van der Waals surface area contributed by atoms with E-state index in [9.17, 15) is 4.79 Å². The first-order valence-corrected chi connectivity index (χ1v) is 11.2. The number of hydrogen-bond donors (Lipinski definition) is 2. The Bertz CT molecular complexity index is 1090. The van der Waals surface area contributed by atoms with Gasteiger partial charge in [-0.05, 0) is 44.3 Å². The number of aromatic nitrogens is 1. The fourth-order valence-corrected chi connectivity index (χ4v) is 4.85. The highest BCUT2D eigenvalue weighted by Gasteiger charge is 2.23.